The summed E-state index contributed by atoms with van der Waals surface area (Å²) in [4.78, 5) is 0. The molecule has 2 heteroatoms. The molecule has 0 aliphatic rings. The number of terminal acetylenes is 1. The molecule has 0 spiro atoms. The molecule has 66 valence electrons. The summed E-state index contributed by atoms with van der Waals surface area (Å²) in [6.07, 6.45) is 7.02. The smallest absolute Gasteiger partial charge is 0.0542 e. The van der Waals surface area contributed by atoms with Crippen LogP contribution in [0.25, 0.3) is 0 Å². The number of hydrogen-bond acceptors (Lipinski definition) is 2. The lowest BCUT2D eigenvalue weighted by Crippen LogP contribution is -2.01. The average molecular weight is 172 g/mol. The maximum absolute atomic E-state index is 5.23. The Labute approximate surface area is 78.9 Å². The van der Waals surface area contributed by atoms with E-state index >= 15 is 0 Å². The summed E-state index contributed by atoms with van der Waals surface area (Å²) in [5, 5.41) is 5.85. The van der Waals surface area contributed by atoms with Gasteiger partial charge in [0, 0.05) is 19.7 Å². The highest BCUT2D eigenvalue weighted by molar-refractivity contribution is 5.79. The molecule has 0 aliphatic heterocycles. The minimum Gasteiger partial charge on any atom is -0.303 e. The van der Waals surface area contributed by atoms with Gasteiger partial charge < -0.3 is 5.01 Å². The van der Waals surface area contributed by atoms with Crippen LogP contribution < -0.4 is 0 Å². The predicted octanol–water partition coefficient (Wildman–Crippen LogP) is 1.56. The molecule has 0 N–H and O–H groups in total. The molecule has 1 rings (SSSR count). The first-order valence-electron chi connectivity index (χ1n) is 4.00. The average Bonchev–Trinajstić information content (AvgIpc) is 2.15. The van der Waals surface area contributed by atoms with Crippen LogP contribution >= 0.6 is 0 Å². The molecular weight excluding hydrogens is 160 g/mol. The van der Waals surface area contributed by atoms with Gasteiger partial charge in [0.2, 0.25) is 0 Å². The summed E-state index contributed by atoms with van der Waals surface area (Å²) in [5.74, 6) is 2.56. The minimum atomic E-state index is 0.891. The minimum absolute atomic E-state index is 0.891. The van der Waals surface area contributed by atoms with Crippen molar-refractivity contribution in [1.29, 1.82) is 0 Å². The standard InChI is InChI=1S/C11H12N2/c1-4-10-5-7-11(8-6-10)9-12-13(2)3/h1,5-9H,2-3H3/b12-9+. The van der Waals surface area contributed by atoms with E-state index < -0.39 is 0 Å². The Balaban J connectivity index is 2.76. The van der Waals surface area contributed by atoms with E-state index in [2.05, 4.69) is 11.0 Å². The number of benzene rings is 1. The summed E-state index contributed by atoms with van der Waals surface area (Å²) < 4.78 is 0. The lowest BCUT2D eigenvalue weighted by Gasteiger charge is -2.01. The third-order valence-electron chi connectivity index (χ3n) is 1.52. The highest BCUT2D eigenvalue weighted by Crippen LogP contribution is 2.00. The lowest BCUT2D eigenvalue weighted by atomic mass is 10.1. The zero-order valence-electron chi connectivity index (χ0n) is 7.86. The molecule has 0 bridgehead atoms. The van der Waals surface area contributed by atoms with E-state index in [9.17, 15) is 0 Å². The van der Waals surface area contributed by atoms with E-state index in [0.29, 0.717) is 0 Å². The van der Waals surface area contributed by atoms with Gasteiger partial charge >= 0.3 is 0 Å². The van der Waals surface area contributed by atoms with Crippen molar-refractivity contribution < 1.29 is 0 Å². The molecule has 0 aliphatic carbocycles. The fourth-order valence-electron chi connectivity index (χ4n) is 0.848. The molecule has 0 radical (unpaired) electrons. The van der Waals surface area contributed by atoms with Gasteiger partial charge in [-0.15, -0.1) is 6.42 Å². The van der Waals surface area contributed by atoms with Gasteiger partial charge in [0.25, 0.3) is 0 Å². The number of hydrazone groups is 1. The van der Waals surface area contributed by atoms with E-state index in [1.54, 1.807) is 11.2 Å². The Kier molecular flexibility index (Phi) is 3.10. The number of rotatable bonds is 2. The molecule has 0 amide bonds. The van der Waals surface area contributed by atoms with Crippen molar-refractivity contribution >= 4 is 6.21 Å². The van der Waals surface area contributed by atoms with Crippen molar-refractivity contribution in [3.63, 3.8) is 0 Å². The van der Waals surface area contributed by atoms with Crippen molar-refractivity contribution in [3.8, 4) is 12.3 Å². The molecule has 0 unspecified atom stereocenters. The molecule has 2 nitrogen and oxygen atoms in total. The first kappa shape index (κ1) is 9.34. The quantitative estimate of drug-likeness (QED) is 0.375. The normalized spacial score (nSPS) is 9.92. The van der Waals surface area contributed by atoms with Crippen LogP contribution in [0.1, 0.15) is 11.1 Å². The van der Waals surface area contributed by atoms with Gasteiger partial charge in [-0.25, -0.2) is 0 Å². The van der Waals surface area contributed by atoms with E-state index in [0.717, 1.165) is 11.1 Å². The highest BCUT2D eigenvalue weighted by Gasteiger charge is 1.88. The first-order valence-corrected chi connectivity index (χ1v) is 4.00. The Morgan fingerprint density at radius 1 is 1.31 bits per heavy atom. The molecule has 13 heavy (non-hydrogen) atoms. The van der Waals surface area contributed by atoms with Crippen molar-refractivity contribution in [2.45, 2.75) is 0 Å². The largest absolute Gasteiger partial charge is 0.303 e. The van der Waals surface area contributed by atoms with Crippen molar-refractivity contribution in [2.24, 2.45) is 5.10 Å². The van der Waals surface area contributed by atoms with Gasteiger partial charge in [-0.05, 0) is 17.7 Å². The lowest BCUT2D eigenvalue weighted by molar-refractivity contribution is 0.440. The van der Waals surface area contributed by atoms with E-state index in [1.165, 1.54) is 0 Å². The third kappa shape index (κ3) is 3.00. The Bertz CT molecular complexity index is 328. The van der Waals surface area contributed by atoms with Gasteiger partial charge in [0.15, 0.2) is 0 Å². The molecular formula is C11H12N2. The van der Waals surface area contributed by atoms with E-state index in [1.807, 2.05) is 38.4 Å². The second kappa shape index (κ2) is 4.32. The molecule has 1 aromatic carbocycles. The first-order chi connectivity index (χ1) is 6.22. The predicted molar refractivity (Wildman–Crippen MR) is 55.7 cm³/mol. The monoisotopic (exact) mass is 172 g/mol. The summed E-state index contributed by atoms with van der Waals surface area (Å²) >= 11 is 0. The number of nitrogens with zero attached hydrogens (tertiary/aromatic N) is 2. The maximum atomic E-state index is 5.23. The SMILES string of the molecule is C#Cc1ccc(/C=N/N(C)C)cc1. The van der Waals surface area contributed by atoms with Crippen LogP contribution in [-0.2, 0) is 0 Å². The van der Waals surface area contributed by atoms with E-state index in [-0.39, 0.29) is 0 Å². The summed E-state index contributed by atoms with van der Waals surface area (Å²) in [5.41, 5.74) is 1.94. The summed E-state index contributed by atoms with van der Waals surface area (Å²) in [7, 11) is 3.76. The summed E-state index contributed by atoms with van der Waals surface area (Å²) in [6.45, 7) is 0. The molecule has 0 heterocycles. The van der Waals surface area contributed by atoms with Gasteiger partial charge in [-0.1, -0.05) is 18.1 Å². The van der Waals surface area contributed by atoms with Crippen molar-refractivity contribution in [3.05, 3.63) is 35.4 Å². The Morgan fingerprint density at radius 3 is 2.38 bits per heavy atom. The van der Waals surface area contributed by atoms with Crippen LogP contribution in [0, 0.1) is 12.3 Å². The van der Waals surface area contributed by atoms with Crippen LogP contribution in [-0.4, -0.2) is 25.3 Å². The maximum Gasteiger partial charge on any atom is 0.0542 e. The van der Waals surface area contributed by atoms with Crippen LogP contribution in [0.5, 0.6) is 0 Å². The molecule has 0 saturated heterocycles. The molecule has 0 atom stereocenters. The second-order valence-corrected chi connectivity index (χ2v) is 2.86. The fraction of sp³-hybridized carbons (Fsp3) is 0.182. The zero-order valence-corrected chi connectivity index (χ0v) is 7.86. The molecule has 0 aromatic heterocycles. The molecule has 0 saturated carbocycles. The topological polar surface area (TPSA) is 15.6 Å². The van der Waals surface area contributed by atoms with Crippen LogP contribution in [0.15, 0.2) is 29.4 Å². The van der Waals surface area contributed by atoms with Gasteiger partial charge in [0.1, 0.15) is 0 Å². The summed E-state index contributed by atoms with van der Waals surface area (Å²) in [6, 6.07) is 7.69. The van der Waals surface area contributed by atoms with Gasteiger partial charge in [-0.2, -0.15) is 5.10 Å². The van der Waals surface area contributed by atoms with Crippen LogP contribution in [0.3, 0.4) is 0 Å². The number of hydrogen-bond donors (Lipinski definition) is 0. The zero-order chi connectivity index (χ0) is 9.68. The van der Waals surface area contributed by atoms with Crippen LogP contribution in [0.2, 0.25) is 0 Å². The second-order valence-electron chi connectivity index (χ2n) is 2.86. The Hall–Kier alpha value is -1.75. The fourth-order valence-corrected chi connectivity index (χ4v) is 0.848. The van der Waals surface area contributed by atoms with Gasteiger partial charge in [0.05, 0.1) is 6.21 Å². The highest BCUT2D eigenvalue weighted by atomic mass is 15.4. The van der Waals surface area contributed by atoms with E-state index in [4.69, 9.17) is 6.42 Å². The van der Waals surface area contributed by atoms with Crippen LogP contribution in [0.4, 0.5) is 0 Å². The Morgan fingerprint density at radius 2 is 1.92 bits per heavy atom. The van der Waals surface area contributed by atoms with Crippen molar-refractivity contribution in [1.82, 2.24) is 5.01 Å². The van der Waals surface area contributed by atoms with Gasteiger partial charge in [-0.3, -0.25) is 0 Å². The molecule has 0 fully saturated rings. The van der Waals surface area contributed by atoms with Crippen molar-refractivity contribution in [2.75, 3.05) is 14.1 Å². The molecule has 1 aromatic rings. The third-order valence-corrected chi connectivity index (χ3v) is 1.52.